The number of benzene rings is 2. The summed E-state index contributed by atoms with van der Waals surface area (Å²) >= 11 is 2.45. The van der Waals surface area contributed by atoms with Gasteiger partial charge in [-0.05, 0) is 59.0 Å². The molecule has 0 spiro atoms. The number of Topliss-reactive ketones (excluding diaryl/α,β-unsaturated/α-hetero) is 1. The first-order chi connectivity index (χ1) is 16.1. The molecule has 34 heavy (non-hydrogen) atoms. The molecule has 2 aromatic carbocycles. The molecule has 5 nitrogen and oxygen atoms in total. The summed E-state index contributed by atoms with van der Waals surface area (Å²) in [4.78, 5) is 15.7. The van der Waals surface area contributed by atoms with E-state index in [0.29, 0.717) is 32.0 Å². The molecule has 2 heterocycles. The minimum atomic E-state index is -4.16. The van der Waals surface area contributed by atoms with Gasteiger partial charge in [-0.2, -0.15) is 8.42 Å². The maximum absolute atomic E-state index is 14.8. The second-order valence-corrected chi connectivity index (χ2v) is 11.5. The first-order valence-electron chi connectivity index (χ1n) is 10.5. The summed E-state index contributed by atoms with van der Waals surface area (Å²) in [7, 11) is -4.16. The summed E-state index contributed by atoms with van der Waals surface area (Å²) in [5, 5.41) is 15.9. The lowest BCUT2D eigenvalue weighted by atomic mass is 9.74. The van der Waals surface area contributed by atoms with Crippen LogP contribution in [-0.4, -0.2) is 25.6 Å². The van der Waals surface area contributed by atoms with Gasteiger partial charge in [0.25, 0.3) is 10.1 Å². The van der Waals surface area contributed by atoms with Crippen LogP contribution in [0.5, 0.6) is 0 Å². The fourth-order valence-corrected chi connectivity index (χ4v) is 7.05. The molecule has 2 aromatic heterocycles. The fourth-order valence-electron chi connectivity index (χ4n) is 4.17. The molecule has 0 aliphatic heterocycles. The number of aliphatic hydroxyl groups is 1. The van der Waals surface area contributed by atoms with Gasteiger partial charge in [0.1, 0.15) is 0 Å². The third-order valence-electron chi connectivity index (χ3n) is 5.67. The predicted octanol–water partition coefficient (Wildman–Crippen LogP) is 5.15. The van der Waals surface area contributed by atoms with Gasteiger partial charge in [-0.25, -0.2) is 4.18 Å². The zero-order valence-electron chi connectivity index (χ0n) is 18.9. The molecule has 0 bridgehead atoms. The van der Waals surface area contributed by atoms with Crippen LogP contribution in [0, 0.1) is 13.8 Å². The molecule has 2 unspecified atom stereocenters. The average Bonchev–Trinajstić information content (AvgIpc) is 3.45. The van der Waals surface area contributed by atoms with Gasteiger partial charge in [0.15, 0.2) is 5.60 Å². The van der Waals surface area contributed by atoms with Gasteiger partial charge in [0.05, 0.1) is 16.0 Å². The molecule has 2 atom stereocenters. The van der Waals surface area contributed by atoms with Crippen LogP contribution in [0.4, 0.5) is 0 Å². The van der Waals surface area contributed by atoms with Gasteiger partial charge in [-0.15, -0.1) is 22.7 Å². The van der Waals surface area contributed by atoms with Crippen LogP contribution in [0.3, 0.4) is 0 Å². The summed E-state index contributed by atoms with van der Waals surface area (Å²) in [5.41, 5.74) is -2.22. The first-order valence-corrected chi connectivity index (χ1v) is 14.1. The van der Waals surface area contributed by atoms with E-state index in [2.05, 4.69) is 0 Å². The lowest BCUT2D eigenvalue weighted by Gasteiger charge is -2.38. The van der Waals surface area contributed by atoms with E-state index in [1.807, 2.05) is 13.0 Å². The van der Waals surface area contributed by atoms with Crippen molar-refractivity contribution >= 4 is 38.6 Å². The van der Waals surface area contributed by atoms with Crippen molar-refractivity contribution in [1.82, 2.24) is 0 Å². The fraction of sp³-hybridized carbons (Fsp3) is 0.192. The van der Waals surface area contributed by atoms with Crippen molar-refractivity contribution in [3.63, 3.8) is 0 Å². The number of hydrogen-bond acceptors (Lipinski definition) is 7. The van der Waals surface area contributed by atoms with Crippen LogP contribution >= 0.6 is 22.7 Å². The topological polar surface area (TPSA) is 80.7 Å². The van der Waals surface area contributed by atoms with E-state index in [-0.39, 0.29) is 0 Å². The average molecular weight is 513 g/mol. The van der Waals surface area contributed by atoms with Crippen molar-refractivity contribution in [1.29, 1.82) is 0 Å². The zero-order valence-corrected chi connectivity index (χ0v) is 21.3. The van der Waals surface area contributed by atoms with Crippen LogP contribution in [0.25, 0.3) is 0 Å². The van der Waals surface area contributed by atoms with E-state index in [1.165, 1.54) is 22.7 Å². The van der Waals surface area contributed by atoms with Crippen LogP contribution in [0.1, 0.15) is 32.0 Å². The number of rotatable bonds is 8. The van der Waals surface area contributed by atoms with Gasteiger partial charge < -0.3 is 5.11 Å². The molecule has 0 fully saturated rings. The first kappa shape index (κ1) is 24.5. The highest BCUT2D eigenvalue weighted by molar-refractivity contribution is 7.86. The van der Waals surface area contributed by atoms with Crippen molar-refractivity contribution in [2.75, 3.05) is 6.26 Å². The molecular formula is C26H24O5S3. The van der Waals surface area contributed by atoms with Gasteiger partial charge in [-0.1, -0.05) is 60.7 Å². The monoisotopic (exact) mass is 512 g/mol. The largest absolute Gasteiger partial charge is 0.372 e. The Morgan fingerprint density at radius 1 is 0.794 bits per heavy atom. The van der Waals surface area contributed by atoms with E-state index in [9.17, 15) is 18.3 Å². The minimum Gasteiger partial charge on any atom is -0.372 e. The number of carbonyl (C=O) groups is 1. The molecule has 0 aliphatic rings. The predicted molar refractivity (Wildman–Crippen MR) is 136 cm³/mol. The smallest absolute Gasteiger partial charge is 0.266 e. The van der Waals surface area contributed by atoms with Gasteiger partial charge >= 0.3 is 0 Å². The van der Waals surface area contributed by atoms with Crippen molar-refractivity contribution in [2.45, 2.75) is 25.0 Å². The number of hydrogen-bond donors (Lipinski definition) is 1. The highest BCUT2D eigenvalue weighted by Gasteiger charge is 2.58. The molecule has 0 amide bonds. The van der Waals surface area contributed by atoms with E-state index in [4.69, 9.17) is 4.18 Å². The summed E-state index contributed by atoms with van der Waals surface area (Å²) in [6, 6.07) is 20.7. The third-order valence-corrected chi connectivity index (χ3v) is 8.46. The number of carbonyl (C=O) groups excluding carboxylic acids is 1. The Labute approximate surface area is 207 Å². The van der Waals surface area contributed by atoms with Gasteiger partial charge in [-0.3, -0.25) is 4.79 Å². The Bertz CT molecular complexity index is 1410. The molecule has 176 valence electrons. The highest BCUT2D eigenvalue weighted by atomic mass is 32.2. The third kappa shape index (κ3) is 4.16. The number of thiophene rings is 2. The molecule has 1 N–H and O–H groups in total. The van der Waals surface area contributed by atoms with Crippen molar-refractivity contribution in [2.24, 2.45) is 0 Å². The Kier molecular flexibility index (Phi) is 6.63. The SMILES string of the molecule is Cc1ccsc1C(O)(C(=O)C(OS(C)(=O)=O)(c1ccccc1)c1sccc1C)c1ccccc1. The van der Waals surface area contributed by atoms with Crippen molar-refractivity contribution in [3.8, 4) is 0 Å². The van der Waals surface area contributed by atoms with E-state index in [1.54, 1.807) is 84.4 Å². The lowest BCUT2D eigenvalue weighted by molar-refractivity contribution is -0.148. The summed E-state index contributed by atoms with van der Waals surface area (Å²) in [6.45, 7) is 3.60. The molecule has 0 saturated carbocycles. The second kappa shape index (κ2) is 9.20. The van der Waals surface area contributed by atoms with Crippen LogP contribution in [0.15, 0.2) is 83.6 Å². The molecule has 0 aliphatic carbocycles. The van der Waals surface area contributed by atoms with Crippen LogP contribution in [-0.2, 0) is 30.3 Å². The quantitative estimate of drug-likeness (QED) is 0.330. The van der Waals surface area contributed by atoms with Crippen molar-refractivity contribution in [3.05, 3.63) is 116 Å². The Hall–Kier alpha value is -2.62. The summed E-state index contributed by atoms with van der Waals surface area (Å²) in [6.07, 6.45) is 0.916. The summed E-state index contributed by atoms with van der Waals surface area (Å²) in [5.74, 6) is -0.793. The van der Waals surface area contributed by atoms with Gasteiger partial charge in [0, 0.05) is 0 Å². The van der Waals surface area contributed by atoms with Gasteiger partial charge in [0.2, 0.25) is 11.4 Å². The second-order valence-electron chi connectivity index (χ2n) is 8.11. The Balaban J connectivity index is 2.13. The maximum atomic E-state index is 14.8. The van der Waals surface area contributed by atoms with E-state index in [0.717, 1.165) is 6.26 Å². The Morgan fingerprint density at radius 2 is 1.26 bits per heavy atom. The highest BCUT2D eigenvalue weighted by Crippen LogP contribution is 2.48. The Morgan fingerprint density at radius 3 is 1.71 bits per heavy atom. The maximum Gasteiger partial charge on any atom is 0.266 e. The minimum absolute atomic E-state index is 0.319. The molecule has 0 radical (unpaired) electrons. The summed E-state index contributed by atoms with van der Waals surface area (Å²) < 4.78 is 31.2. The zero-order chi connectivity index (χ0) is 24.6. The standard InChI is InChI=1S/C26H24O5S3/c1-18-14-16-32-22(18)25(28,20-10-6-4-7-11-20)24(27)26(31-34(3,29)30,21-12-8-5-9-13-21)23-19(2)15-17-33-23/h4-17,28H,1-3H3. The van der Waals surface area contributed by atoms with Crippen LogP contribution in [0.2, 0.25) is 0 Å². The van der Waals surface area contributed by atoms with Crippen LogP contribution < -0.4 is 0 Å². The molecule has 4 aromatic rings. The van der Waals surface area contributed by atoms with E-state index >= 15 is 0 Å². The van der Waals surface area contributed by atoms with E-state index < -0.39 is 27.1 Å². The normalized spacial score (nSPS) is 15.4. The molecule has 8 heteroatoms. The molecule has 0 saturated heterocycles. The number of ketones is 1. The van der Waals surface area contributed by atoms with Crippen molar-refractivity contribution < 1.29 is 22.5 Å². The lowest BCUT2D eigenvalue weighted by Crippen LogP contribution is -2.52. The number of aryl methyl sites for hydroxylation is 2. The molecular weight excluding hydrogens is 488 g/mol. The molecule has 4 rings (SSSR count).